The first-order valence-corrected chi connectivity index (χ1v) is 10.5. The molecule has 0 fully saturated rings. The fourth-order valence-electron chi connectivity index (χ4n) is 2.61. The molecule has 5 nitrogen and oxygen atoms in total. The average molecular weight is 421 g/mol. The summed E-state index contributed by atoms with van der Waals surface area (Å²) < 4.78 is 11.3. The topological polar surface area (TPSA) is 59.9 Å². The zero-order valence-electron chi connectivity index (χ0n) is 17.0. The highest BCUT2D eigenvalue weighted by molar-refractivity contribution is 8.00. The quantitative estimate of drug-likeness (QED) is 0.306. The number of nitrogens with one attached hydrogen (secondary N) is 1. The van der Waals surface area contributed by atoms with Gasteiger partial charge in [0.15, 0.2) is 11.5 Å². The van der Waals surface area contributed by atoms with Crippen molar-refractivity contribution < 1.29 is 14.3 Å². The second kappa shape index (κ2) is 11.1. The van der Waals surface area contributed by atoms with Gasteiger partial charge in [-0.15, -0.1) is 11.8 Å². The van der Waals surface area contributed by atoms with Crippen LogP contribution in [-0.4, -0.2) is 25.0 Å². The third-order valence-corrected chi connectivity index (χ3v) is 5.23. The number of ether oxygens (including phenoxy) is 2. The van der Waals surface area contributed by atoms with E-state index in [0.29, 0.717) is 23.9 Å². The highest BCUT2D eigenvalue weighted by Gasteiger charge is 2.06. The molecule has 0 unspecified atom stereocenters. The number of methoxy groups -OCH3 is 1. The van der Waals surface area contributed by atoms with Crippen molar-refractivity contribution in [1.82, 2.24) is 5.43 Å². The van der Waals surface area contributed by atoms with Gasteiger partial charge in [-0.3, -0.25) is 4.79 Å². The lowest BCUT2D eigenvalue weighted by Gasteiger charge is -2.11. The smallest absolute Gasteiger partial charge is 0.250 e. The number of nitrogens with zero attached hydrogens (tertiary/aromatic N) is 1. The van der Waals surface area contributed by atoms with E-state index in [2.05, 4.69) is 10.5 Å². The van der Waals surface area contributed by atoms with E-state index in [0.717, 1.165) is 16.0 Å². The van der Waals surface area contributed by atoms with Crippen molar-refractivity contribution in [3.8, 4) is 11.5 Å². The van der Waals surface area contributed by atoms with Crippen LogP contribution in [0.4, 0.5) is 0 Å². The van der Waals surface area contributed by atoms with Crippen molar-refractivity contribution >= 4 is 23.9 Å². The monoisotopic (exact) mass is 420 g/mol. The number of benzene rings is 3. The molecule has 0 aliphatic rings. The van der Waals surface area contributed by atoms with Gasteiger partial charge < -0.3 is 9.47 Å². The van der Waals surface area contributed by atoms with Gasteiger partial charge in [0.05, 0.1) is 19.1 Å². The van der Waals surface area contributed by atoms with E-state index < -0.39 is 0 Å². The second-order valence-corrected chi connectivity index (χ2v) is 7.63. The van der Waals surface area contributed by atoms with Gasteiger partial charge in [0.1, 0.15) is 6.61 Å². The molecule has 0 radical (unpaired) electrons. The molecule has 30 heavy (non-hydrogen) atoms. The van der Waals surface area contributed by atoms with E-state index in [4.69, 9.17) is 9.47 Å². The number of aryl methyl sites for hydroxylation is 1. The fraction of sp³-hybridized carbons (Fsp3) is 0.167. The van der Waals surface area contributed by atoms with Gasteiger partial charge in [0, 0.05) is 4.90 Å². The molecule has 0 bridgehead atoms. The Morgan fingerprint density at radius 3 is 2.53 bits per heavy atom. The first-order valence-electron chi connectivity index (χ1n) is 9.50. The number of hydrazone groups is 1. The van der Waals surface area contributed by atoms with Crippen molar-refractivity contribution in [2.75, 3.05) is 12.9 Å². The largest absolute Gasteiger partial charge is 0.493 e. The van der Waals surface area contributed by atoms with E-state index >= 15 is 0 Å². The normalized spacial score (nSPS) is 10.7. The first kappa shape index (κ1) is 21.5. The first-order chi connectivity index (χ1) is 14.6. The lowest BCUT2D eigenvalue weighted by molar-refractivity contribution is -0.118. The summed E-state index contributed by atoms with van der Waals surface area (Å²) in [6, 6.07) is 23.5. The number of rotatable bonds is 9. The van der Waals surface area contributed by atoms with E-state index in [9.17, 15) is 4.79 Å². The number of carbonyl (C=O) groups is 1. The van der Waals surface area contributed by atoms with Crippen LogP contribution >= 0.6 is 11.8 Å². The van der Waals surface area contributed by atoms with Gasteiger partial charge in [-0.05, 0) is 48.4 Å². The number of thioether (sulfide) groups is 1. The van der Waals surface area contributed by atoms with Crippen LogP contribution in [0.2, 0.25) is 0 Å². The molecule has 3 aromatic carbocycles. The molecular weight excluding hydrogens is 396 g/mol. The molecule has 154 valence electrons. The molecule has 0 heterocycles. The third kappa shape index (κ3) is 6.67. The number of hydrogen-bond donors (Lipinski definition) is 1. The van der Waals surface area contributed by atoms with E-state index in [1.807, 2.05) is 79.7 Å². The lowest BCUT2D eigenvalue weighted by atomic mass is 10.2. The molecule has 3 rings (SSSR count). The highest BCUT2D eigenvalue weighted by atomic mass is 32.2. The van der Waals surface area contributed by atoms with Crippen LogP contribution in [0.1, 0.15) is 16.7 Å². The van der Waals surface area contributed by atoms with Crippen molar-refractivity contribution in [2.45, 2.75) is 18.4 Å². The molecule has 0 aliphatic heterocycles. The Kier molecular flexibility index (Phi) is 7.92. The molecule has 3 aromatic rings. The third-order valence-electron chi connectivity index (χ3n) is 4.22. The summed E-state index contributed by atoms with van der Waals surface area (Å²) in [4.78, 5) is 13.0. The molecule has 1 N–H and O–H groups in total. The zero-order valence-corrected chi connectivity index (χ0v) is 17.8. The Hall–Kier alpha value is -3.25. The molecular formula is C24H24N2O3S. The molecule has 0 atom stereocenters. The van der Waals surface area contributed by atoms with Crippen molar-refractivity contribution in [3.63, 3.8) is 0 Å². The molecule has 0 aromatic heterocycles. The summed E-state index contributed by atoms with van der Waals surface area (Å²) in [7, 11) is 1.59. The summed E-state index contributed by atoms with van der Waals surface area (Å²) in [5, 5.41) is 4.03. The maximum atomic E-state index is 12.0. The Bertz CT molecular complexity index is 989. The Labute approximate surface area is 181 Å². The van der Waals surface area contributed by atoms with Gasteiger partial charge in [-0.25, -0.2) is 5.43 Å². The molecule has 6 heteroatoms. The van der Waals surface area contributed by atoms with E-state index in [-0.39, 0.29) is 5.91 Å². The maximum absolute atomic E-state index is 12.0. The van der Waals surface area contributed by atoms with Crippen molar-refractivity contribution in [1.29, 1.82) is 0 Å². The average Bonchev–Trinajstić information content (AvgIpc) is 2.78. The zero-order chi connectivity index (χ0) is 21.2. The van der Waals surface area contributed by atoms with E-state index in [1.54, 1.807) is 13.3 Å². The number of amides is 1. The molecule has 0 saturated heterocycles. The maximum Gasteiger partial charge on any atom is 0.250 e. The Morgan fingerprint density at radius 1 is 1.03 bits per heavy atom. The van der Waals surface area contributed by atoms with E-state index in [1.165, 1.54) is 17.3 Å². The van der Waals surface area contributed by atoms with Crippen LogP contribution in [0, 0.1) is 6.92 Å². The van der Waals surface area contributed by atoms with Crippen LogP contribution in [-0.2, 0) is 11.4 Å². The summed E-state index contributed by atoms with van der Waals surface area (Å²) in [6.45, 7) is 2.49. The lowest BCUT2D eigenvalue weighted by Crippen LogP contribution is -2.19. The minimum atomic E-state index is -0.161. The predicted molar refractivity (Wildman–Crippen MR) is 121 cm³/mol. The van der Waals surface area contributed by atoms with Gasteiger partial charge in [-0.2, -0.15) is 5.10 Å². The van der Waals surface area contributed by atoms with Crippen LogP contribution in [0.15, 0.2) is 82.8 Å². The Balaban J connectivity index is 1.50. The summed E-state index contributed by atoms with van der Waals surface area (Å²) >= 11 is 1.47. The summed E-state index contributed by atoms with van der Waals surface area (Å²) in [6.07, 6.45) is 1.58. The molecule has 0 saturated carbocycles. The van der Waals surface area contributed by atoms with Crippen LogP contribution < -0.4 is 14.9 Å². The van der Waals surface area contributed by atoms with Crippen LogP contribution in [0.25, 0.3) is 0 Å². The van der Waals surface area contributed by atoms with Gasteiger partial charge in [0.2, 0.25) is 5.91 Å². The van der Waals surface area contributed by atoms with Crippen molar-refractivity contribution in [3.05, 3.63) is 89.5 Å². The van der Waals surface area contributed by atoms with Crippen LogP contribution in [0.3, 0.4) is 0 Å². The SMILES string of the molecule is COc1cc(/C=N/NC(=O)CSc2ccc(C)cc2)ccc1OCc1ccccc1. The summed E-state index contributed by atoms with van der Waals surface area (Å²) in [5.41, 5.74) is 5.62. The Morgan fingerprint density at radius 2 is 1.80 bits per heavy atom. The summed E-state index contributed by atoms with van der Waals surface area (Å²) in [5.74, 6) is 1.40. The van der Waals surface area contributed by atoms with Crippen LogP contribution in [0.5, 0.6) is 11.5 Å². The minimum absolute atomic E-state index is 0.161. The predicted octanol–water partition coefficient (Wildman–Crippen LogP) is 4.83. The minimum Gasteiger partial charge on any atom is -0.493 e. The second-order valence-electron chi connectivity index (χ2n) is 6.58. The standard InChI is InChI=1S/C24H24N2O3S/c1-18-8-11-21(12-9-18)30-17-24(27)26-25-15-20-10-13-22(23(14-20)28-2)29-16-19-6-4-3-5-7-19/h3-15H,16-17H2,1-2H3,(H,26,27)/b25-15+. The van der Waals surface area contributed by atoms with Gasteiger partial charge in [-0.1, -0.05) is 48.0 Å². The highest BCUT2D eigenvalue weighted by Crippen LogP contribution is 2.28. The van der Waals surface area contributed by atoms with Gasteiger partial charge >= 0.3 is 0 Å². The molecule has 1 amide bonds. The molecule has 0 aliphatic carbocycles. The number of hydrogen-bond acceptors (Lipinski definition) is 5. The van der Waals surface area contributed by atoms with Crippen molar-refractivity contribution in [2.24, 2.45) is 5.10 Å². The number of carbonyl (C=O) groups excluding carboxylic acids is 1. The molecule has 0 spiro atoms. The van der Waals surface area contributed by atoms with Gasteiger partial charge in [0.25, 0.3) is 0 Å². The fourth-order valence-corrected chi connectivity index (χ4v) is 3.30.